The molecule has 1 saturated heterocycles. The number of rotatable bonds is 6. The molecule has 1 atom stereocenters. The van der Waals surface area contributed by atoms with Crippen LogP contribution in [0.15, 0.2) is 0 Å². The third kappa shape index (κ3) is 5.60. The van der Waals surface area contributed by atoms with Gasteiger partial charge in [-0.1, -0.05) is 0 Å². The first-order valence-electron chi connectivity index (χ1n) is 7.11. The maximum atomic E-state index is 12.8. The Bertz CT molecular complexity index is 314. The van der Waals surface area contributed by atoms with Crippen LogP contribution in [0.5, 0.6) is 0 Å². The fourth-order valence-corrected chi connectivity index (χ4v) is 14.1. The smallest absolute Gasteiger partial charge is 0.389 e. The van der Waals surface area contributed by atoms with Gasteiger partial charge in [-0.3, -0.25) is 4.79 Å². The number of hydrogen-bond donors (Lipinski definition) is 1. The van der Waals surface area contributed by atoms with E-state index < -0.39 is 25.2 Å². The fraction of sp³-hybridized carbons (Fsp3) is 0.917. The molecule has 0 saturated carbocycles. The summed E-state index contributed by atoms with van der Waals surface area (Å²) in [6.45, 7) is 15.6. The summed E-state index contributed by atoms with van der Waals surface area (Å²) in [6, 6.07) is -0.0515. The summed E-state index contributed by atoms with van der Waals surface area (Å²) >= 11 is 0. The first-order chi connectivity index (χ1) is 8.43. The van der Waals surface area contributed by atoms with E-state index in [-0.39, 0.29) is 11.4 Å². The van der Waals surface area contributed by atoms with Gasteiger partial charge in [0.25, 0.3) is 0 Å². The second kappa shape index (κ2) is 5.90. The SMILES string of the molecule is C[Si](C)(C)O[Si](C)(O[Si](C)(C)C)C(=O)[C@@H]1CCCN1. The molecule has 0 spiro atoms. The van der Waals surface area contributed by atoms with E-state index >= 15 is 0 Å². The molecule has 1 aliphatic rings. The molecule has 0 aromatic rings. The topological polar surface area (TPSA) is 47.6 Å². The van der Waals surface area contributed by atoms with Crippen molar-refractivity contribution in [3.8, 4) is 0 Å². The molecule has 0 amide bonds. The Hall–Kier alpha value is 0.201. The van der Waals surface area contributed by atoms with Crippen LogP contribution in [0, 0.1) is 0 Å². The standard InChI is InChI=1S/C12H29NO3Si3/c1-17(2,3)15-19(7,16-18(4,5)6)12(14)11-9-8-10-13-11/h11,13H,8-10H2,1-7H3/t11-/m0/s1. The zero-order chi connectivity index (χ0) is 14.9. The lowest BCUT2D eigenvalue weighted by Crippen LogP contribution is -2.62. The largest absolute Gasteiger partial charge is 0.432 e. The van der Waals surface area contributed by atoms with Gasteiger partial charge in [0.15, 0.2) is 22.0 Å². The zero-order valence-electron chi connectivity index (χ0n) is 13.4. The van der Waals surface area contributed by atoms with Gasteiger partial charge in [-0.05, 0) is 65.2 Å². The lowest BCUT2D eigenvalue weighted by Gasteiger charge is -2.38. The molecule has 1 N–H and O–H groups in total. The number of hydrogen-bond acceptors (Lipinski definition) is 4. The highest BCUT2D eigenvalue weighted by Crippen LogP contribution is 2.24. The second-order valence-corrected chi connectivity index (χ2v) is 19.9. The minimum absolute atomic E-state index is 0.0515. The molecule has 0 aromatic heterocycles. The molecule has 0 aliphatic carbocycles. The van der Waals surface area contributed by atoms with Gasteiger partial charge in [0.1, 0.15) is 0 Å². The van der Waals surface area contributed by atoms with Crippen LogP contribution < -0.4 is 5.32 Å². The summed E-state index contributed by atoms with van der Waals surface area (Å²) < 4.78 is 12.6. The van der Waals surface area contributed by atoms with E-state index in [4.69, 9.17) is 8.23 Å². The lowest BCUT2D eigenvalue weighted by atomic mass is 10.2. The van der Waals surface area contributed by atoms with Crippen LogP contribution in [0.25, 0.3) is 0 Å². The molecule has 0 unspecified atom stereocenters. The second-order valence-electron chi connectivity index (χ2n) is 7.39. The highest BCUT2D eigenvalue weighted by molar-refractivity contribution is 7.04. The van der Waals surface area contributed by atoms with Crippen molar-refractivity contribution in [1.82, 2.24) is 5.32 Å². The molecule has 1 rings (SSSR count). The van der Waals surface area contributed by atoms with Crippen LogP contribution in [0.2, 0.25) is 45.8 Å². The summed E-state index contributed by atoms with van der Waals surface area (Å²) in [7, 11) is -6.36. The van der Waals surface area contributed by atoms with Crippen molar-refractivity contribution >= 4 is 30.6 Å². The first kappa shape index (κ1) is 17.3. The number of nitrogens with one attached hydrogen (secondary N) is 1. The van der Waals surface area contributed by atoms with Gasteiger partial charge in [-0.2, -0.15) is 0 Å². The van der Waals surface area contributed by atoms with Gasteiger partial charge < -0.3 is 13.5 Å². The van der Waals surface area contributed by atoms with Gasteiger partial charge in [-0.25, -0.2) is 0 Å². The maximum Gasteiger partial charge on any atom is 0.389 e. The van der Waals surface area contributed by atoms with Crippen LogP contribution in [0.3, 0.4) is 0 Å². The van der Waals surface area contributed by atoms with Crippen molar-refractivity contribution in [3.63, 3.8) is 0 Å². The fourth-order valence-electron chi connectivity index (χ4n) is 2.51. The van der Waals surface area contributed by atoms with Crippen LogP contribution in [0.1, 0.15) is 12.8 Å². The number of carbonyl (C=O) groups is 1. The summed E-state index contributed by atoms with van der Waals surface area (Å²) in [5.41, 5.74) is 0. The van der Waals surface area contributed by atoms with Crippen LogP contribution in [0.4, 0.5) is 0 Å². The molecule has 0 radical (unpaired) electrons. The van der Waals surface area contributed by atoms with Crippen molar-refractivity contribution in [2.45, 2.75) is 64.7 Å². The highest BCUT2D eigenvalue weighted by Gasteiger charge is 2.49. The van der Waals surface area contributed by atoms with E-state index in [1.165, 1.54) is 0 Å². The summed E-state index contributed by atoms with van der Waals surface area (Å²) in [6.07, 6.45) is 1.99. The molecule has 0 bridgehead atoms. The van der Waals surface area contributed by atoms with Gasteiger partial charge in [0.05, 0.1) is 6.04 Å². The summed E-state index contributed by atoms with van der Waals surface area (Å²) in [4.78, 5) is 12.8. The molecule has 7 heteroatoms. The monoisotopic (exact) mass is 319 g/mol. The zero-order valence-corrected chi connectivity index (χ0v) is 16.4. The molecule has 1 fully saturated rings. The average molecular weight is 320 g/mol. The first-order valence-corrected chi connectivity index (χ1v) is 16.2. The molecule has 112 valence electrons. The van der Waals surface area contributed by atoms with E-state index in [0.29, 0.717) is 0 Å². The van der Waals surface area contributed by atoms with E-state index in [1.54, 1.807) is 0 Å². The van der Waals surface area contributed by atoms with Crippen LogP contribution >= 0.6 is 0 Å². The van der Waals surface area contributed by atoms with Crippen molar-refractivity contribution in [1.29, 1.82) is 0 Å². The Morgan fingerprint density at radius 3 is 1.79 bits per heavy atom. The van der Waals surface area contributed by atoms with E-state index in [2.05, 4.69) is 44.6 Å². The minimum atomic E-state index is -2.77. The molecular formula is C12H29NO3Si3. The van der Waals surface area contributed by atoms with Crippen molar-refractivity contribution in [2.24, 2.45) is 0 Å². The molecule has 4 nitrogen and oxygen atoms in total. The van der Waals surface area contributed by atoms with Gasteiger partial charge >= 0.3 is 8.56 Å². The third-order valence-corrected chi connectivity index (χ3v) is 12.1. The predicted molar refractivity (Wildman–Crippen MR) is 86.5 cm³/mol. The highest BCUT2D eigenvalue weighted by atomic mass is 28.5. The maximum absolute atomic E-state index is 12.8. The Morgan fingerprint density at radius 1 is 1.00 bits per heavy atom. The normalized spacial score (nSPS) is 21.7. The Kier molecular flexibility index (Phi) is 5.36. The Morgan fingerprint density at radius 2 is 1.47 bits per heavy atom. The van der Waals surface area contributed by atoms with E-state index in [1.807, 2.05) is 6.55 Å². The number of carbonyl (C=O) groups excluding carboxylic acids is 1. The molecule has 1 aliphatic heterocycles. The van der Waals surface area contributed by atoms with Crippen molar-refractivity contribution in [2.75, 3.05) is 6.54 Å². The van der Waals surface area contributed by atoms with Crippen LogP contribution in [-0.4, -0.2) is 43.2 Å². The van der Waals surface area contributed by atoms with Gasteiger partial charge in [0, 0.05) is 0 Å². The van der Waals surface area contributed by atoms with Gasteiger partial charge in [-0.15, -0.1) is 0 Å². The van der Waals surface area contributed by atoms with E-state index in [9.17, 15) is 4.79 Å². The quantitative estimate of drug-likeness (QED) is 0.765. The third-order valence-electron chi connectivity index (χ3n) is 2.83. The molecule has 0 aromatic carbocycles. The summed E-state index contributed by atoms with van der Waals surface area (Å²) in [5.74, 6) is 0. The van der Waals surface area contributed by atoms with E-state index in [0.717, 1.165) is 19.4 Å². The predicted octanol–water partition coefficient (Wildman–Crippen LogP) is 2.62. The Labute approximate surface area is 120 Å². The molecular weight excluding hydrogens is 290 g/mol. The van der Waals surface area contributed by atoms with Crippen molar-refractivity contribution in [3.05, 3.63) is 0 Å². The van der Waals surface area contributed by atoms with Crippen LogP contribution in [-0.2, 0) is 13.0 Å². The summed E-state index contributed by atoms with van der Waals surface area (Å²) in [5, 5.41) is 3.49. The minimum Gasteiger partial charge on any atom is -0.432 e. The van der Waals surface area contributed by atoms with Crippen molar-refractivity contribution < 1.29 is 13.0 Å². The lowest BCUT2D eigenvalue weighted by molar-refractivity contribution is -0.116. The molecule has 1 heterocycles. The average Bonchev–Trinajstić information content (AvgIpc) is 2.62. The molecule has 19 heavy (non-hydrogen) atoms. The Balaban J connectivity index is 2.93. The van der Waals surface area contributed by atoms with Gasteiger partial charge in [0.2, 0.25) is 0 Å².